The molecule has 2 amide bonds. The van der Waals surface area contributed by atoms with E-state index in [4.69, 9.17) is 4.74 Å². The second-order valence-electron chi connectivity index (χ2n) is 7.72. The van der Waals surface area contributed by atoms with Crippen molar-refractivity contribution < 1.29 is 33.8 Å². The maximum absolute atomic E-state index is 13.1. The fourth-order valence-corrected chi connectivity index (χ4v) is 3.63. The topological polar surface area (TPSA) is 122 Å². The summed E-state index contributed by atoms with van der Waals surface area (Å²) in [7, 11) is 1.24. The molecule has 0 saturated carbocycles. The van der Waals surface area contributed by atoms with E-state index in [0.29, 0.717) is 16.5 Å². The van der Waals surface area contributed by atoms with Gasteiger partial charge in [0.05, 0.1) is 19.1 Å². The lowest BCUT2D eigenvalue weighted by molar-refractivity contribution is -0.140. The summed E-state index contributed by atoms with van der Waals surface area (Å²) in [6, 6.07) is 15.6. The van der Waals surface area contributed by atoms with Gasteiger partial charge < -0.3 is 19.9 Å². The third-order valence-corrected chi connectivity index (χ3v) is 5.38. The second-order valence-corrected chi connectivity index (χ2v) is 7.72. The molecule has 0 heterocycles. The number of rotatable bonds is 8. The van der Waals surface area contributed by atoms with Crippen LogP contribution in [-0.2, 0) is 19.1 Å². The zero-order valence-corrected chi connectivity index (χ0v) is 19.6. The number of phenols is 1. The maximum atomic E-state index is 13.1. The molecular weight excluding hydrogens is 452 g/mol. The Morgan fingerprint density at radius 1 is 1.00 bits per heavy atom. The van der Waals surface area contributed by atoms with Gasteiger partial charge in [-0.25, -0.2) is 4.79 Å². The van der Waals surface area contributed by atoms with Gasteiger partial charge in [-0.15, -0.1) is 0 Å². The highest BCUT2D eigenvalue weighted by atomic mass is 16.5. The average molecular weight is 479 g/mol. The van der Waals surface area contributed by atoms with Gasteiger partial charge in [-0.1, -0.05) is 42.5 Å². The molecular formula is C26H26N2O7. The highest BCUT2D eigenvalue weighted by Crippen LogP contribution is 2.36. The molecule has 0 saturated heterocycles. The molecule has 0 fully saturated rings. The number of anilines is 1. The molecule has 0 spiro atoms. The van der Waals surface area contributed by atoms with E-state index in [1.165, 1.54) is 25.0 Å². The van der Waals surface area contributed by atoms with Gasteiger partial charge in [0.15, 0.2) is 0 Å². The lowest BCUT2D eigenvalue weighted by Gasteiger charge is -2.27. The standard InChI is InChI=1S/C26H26N2O7/c1-16(28(17(2)29)18-9-5-4-6-10-18)26(33)35-22-15-21(25(32)27-14-13-23(30)34-3)24(31)20-12-8-7-11-19(20)22/h4-12,15-16,31H,13-14H2,1-3H3,(H,27,32). The Labute approximate surface area is 202 Å². The number of carbonyl (C=O) groups is 4. The number of para-hydroxylation sites is 1. The molecule has 0 bridgehead atoms. The number of phenolic OH excluding ortho intramolecular Hbond substituents is 1. The molecule has 3 aromatic carbocycles. The van der Waals surface area contributed by atoms with Crippen LogP contribution in [0.3, 0.4) is 0 Å². The molecule has 9 nitrogen and oxygen atoms in total. The minimum atomic E-state index is -0.972. The predicted octanol–water partition coefficient (Wildman–Crippen LogP) is 3.19. The molecule has 2 N–H and O–H groups in total. The lowest BCUT2D eigenvalue weighted by Crippen LogP contribution is -2.44. The van der Waals surface area contributed by atoms with E-state index in [9.17, 15) is 24.3 Å². The average Bonchev–Trinajstić information content (AvgIpc) is 2.85. The Balaban J connectivity index is 1.92. The molecule has 1 atom stereocenters. The van der Waals surface area contributed by atoms with E-state index in [2.05, 4.69) is 10.1 Å². The van der Waals surface area contributed by atoms with Crippen molar-refractivity contribution >= 4 is 40.2 Å². The smallest absolute Gasteiger partial charge is 0.334 e. The predicted molar refractivity (Wildman–Crippen MR) is 129 cm³/mol. The minimum absolute atomic E-state index is 0.00538. The Kier molecular flexibility index (Phi) is 8.04. The number of benzene rings is 3. The van der Waals surface area contributed by atoms with E-state index >= 15 is 0 Å². The Bertz CT molecular complexity index is 1260. The minimum Gasteiger partial charge on any atom is -0.506 e. The van der Waals surface area contributed by atoms with E-state index in [0.717, 1.165) is 0 Å². The largest absolute Gasteiger partial charge is 0.506 e. The van der Waals surface area contributed by atoms with Crippen LogP contribution >= 0.6 is 0 Å². The summed E-state index contributed by atoms with van der Waals surface area (Å²) in [5.41, 5.74) is 0.404. The lowest BCUT2D eigenvalue weighted by atomic mass is 10.0. The van der Waals surface area contributed by atoms with Gasteiger partial charge in [-0.3, -0.25) is 19.3 Å². The molecule has 0 aliphatic carbocycles. The van der Waals surface area contributed by atoms with Crippen LogP contribution in [0.15, 0.2) is 60.7 Å². The summed E-state index contributed by atoms with van der Waals surface area (Å²) in [6.07, 6.45) is -0.0453. The van der Waals surface area contributed by atoms with Crippen LogP contribution in [-0.4, -0.2) is 48.6 Å². The zero-order valence-electron chi connectivity index (χ0n) is 19.6. The Morgan fingerprint density at radius 3 is 2.26 bits per heavy atom. The molecule has 0 aliphatic heterocycles. The fourth-order valence-electron chi connectivity index (χ4n) is 3.63. The number of amides is 2. The molecule has 9 heteroatoms. The van der Waals surface area contributed by atoms with Crippen molar-refractivity contribution in [1.82, 2.24) is 5.32 Å². The monoisotopic (exact) mass is 478 g/mol. The molecule has 3 rings (SSSR count). The highest BCUT2D eigenvalue weighted by Gasteiger charge is 2.28. The Hall–Kier alpha value is -4.40. The second kappa shape index (κ2) is 11.1. The number of aromatic hydroxyl groups is 1. The van der Waals surface area contributed by atoms with Gasteiger partial charge in [-0.2, -0.15) is 0 Å². The van der Waals surface area contributed by atoms with E-state index in [-0.39, 0.29) is 35.9 Å². The maximum Gasteiger partial charge on any atom is 0.334 e. The molecule has 35 heavy (non-hydrogen) atoms. The SMILES string of the molecule is COC(=O)CCNC(=O)c1cc(OC(=O)C(C)N(C(C)=O)c2ccccc2)c2ccccc2c1O. The van der Waals surface area contributed by atoms with E-state index in [1.807, 2.05) is 0 Å². The van der Waals surface area contributed by atoms with Crippen LogP contribution in [0, 0.1) is 0 Å². The normalized spacial score (nSPS) is 11.4. The number of fused-ring (bicyclic) bond motifs is 1. The molecule has 0 radical (unpaired) electrons. The summed E-state index contributed by atoms with van der Waals surface area (Å²) in [6.45, 7) is 2.89. The van der Waals surface area contributed by atoms with Crippen molar-refractivity contribution in [3.05, 3.63) is 66.2 Å². The van der Waals surface area contributed by atoms with Crippen molar-refractivity contribution in [2.45, 2.75) is 26.3 Å². The van der Waals surface area contributed by atoms with E-state index in [1.54, 1.807) is 61.5 Å². The third kappa shape index (κ3) is 5.75. The van der Waals surface area contributed by atoms with Gasteiger partial charge >= 0.3 is 11.9 Å². The van der Waals surface area contributed by atoms with Crippen molar-refractivity contribution in [1.29, 1.82) is 0 Å². The number of esters is 2. The zero-order chi connectivity index (χ0) is 25.5. The van der Waals surface area contributed by atoms with Crippen LogP contribution in [0.2, 0.25) is 0 Å². The van der Waals surface area contributed by atoms with Crippen molar-refractivity contribution in [3.63, 3.8) is 0 Å². The van der Waals surface area contributed by atoms with Gasteiger partial charge in [0.1, 0.15) is 17.5 Å². The summed E-state index contributed by atoms with van der Waals surface area (Å²) in [5, 5.41) is 13.9. The summed E-state index contributed by atoms with van der Waals surface area (Å²) >= 11 is 0. The Morgan fingerprint density at radius 2 is 1.63 bits per heavy atom. The first-order chi connectivity index (χ1) is 16.7. The van der Waals surface area contributed by atoms with Gasteiger partial charge in [0, 0.05) is 29.9 Å². The summed E-state index contributed by atoms with van der Waals surface area (Å²) in [4.78, 5) is 50.7. The van der Waals surface area contributed by atoms with Crippen LogP contribution in [0.4, 0.5) is 5.69 Å². The van der Waals surface area contributed by atoms with Crippen molar-refractivity contribution in [2.75, 3.05) is 18.6 Å². The first-order valence-corrected chi connectivity index (χ1v) is 10.9. The van der Waals surface area contributed by atoms with Crippen LogP contribution in [0.25, 0.3) is 10.8 Å². The number of carbonyl (C=O) groups excluding carboxylic acids is 4. The number of nitrogens with one attached hydrogen (secondary N) is 1. The van der Waals surface area contributed by atoms with Crippen molar-refractivity contribution in [2.24, 2.45) is 0 Å². The van der Waals surface area contributed by atoms with Gasteiger partial charge in [0.25, 0.3) is 5.91 Å². The third-order valence-electron chi connectivity index (χ3n) is 5.38. The number of methoxy groups -OCH3 is 1. The number of hydrogen-bond acceptors (Lipinski definition) is 7. The molecule has 3 aromatic rings. The van der Waals surface area contributed by atoms with Gasteiger partial charge in [0.2, 0.25) is 5.91 Å². The highest BCUT2D eigenvalue weighted by molar-refractivity contribution is 6.07. The molecule has 0 aromatic heterocycles. The van der Waals surface area contributed by atoms with Gasteiger partial charge in [-0.05, 0) is 25.1 Å². The number of nitrogens with zero attached hydrogens (tertiary/aromatic N) is 1. The molecule has 182 valence electrons. The first kappa shape index (κ1) is 25.2. The fraction of sp³-hybridized carbons (Fsp3) is 0.231. The number of ether oxygens (including phenoxy) is 2. The summed E-state index contributed by atoms with van der Waals surface area (Å²) in [5.74, 6) is -2.47. The van der Waals surface area contributed by atoms with Crippen LogP contribution in [0.1, 0.15) is 30.6 Å². The van der Waals surface area contributed by atoms with E-state index < -0.39 is 23.9 Å². The molecule has 0 aliphatic rings. The molecule has 1 unspecified atom stereocenters. The van der Waals surface area contributed by atoms with Crippen LogP contribution < -0.4 is 15.0 Å². The summed E-state index contributed by atoms with van der Waals surface area (Å²) < 4.78 is 10.2. The van der Waals surface area contributed by atoms with Crippen LogP contribution in [0.5, 0.6) is 11.5 Å². The first-order valence-electron chi connectivity index (χ1n) is 10.9. The quantitative estimate of drug-likeness (QED) is 0.377. The van der Waals surface area contributed by atoms with Crippen molar-refractivity contribution in [3.8, 4) is 11.5 Å². The number of hydrogen-bond donors (Lipinski definition) is 2.